The standard InChI is InChI=1S/C15H24F2N2O2/c1-3-19(4-2)10-9-18-14(11-20)12-5-7-13(8-6-12)21-15(16)17/h5-8,14-15,18,20H,3-4,9-11H2,1-2H3. The largest absolute Gasteiger partial charge is 0.435 e. The van der Waals surface area contributed by atoms with Crippen LogP contribution in [0.3, 0.4) is 0 Å². The predicted octanol–water partition coefficient (Wildman–Crippen LogP) is 2.25. The van der Waals surface area contributed by atoms with Crippen molar-refractivity contribution < 1.29 is 18.6 Å². The Morgan fingerprint density at radius 2 is 1.81 bits per heavy atom. The highest BCUT2D eigenvalue weighted by atomic mass is 19.3. The SMILES string of the molecule is CCN(CC)CCNC(CO)c1ccc(OC(F)F)cc1. The summed E-state index contributed by atoms with van der Waals surface area (Å²) < 4.78 is 28.5. The highest BCUT2D eigenvalue weighted by Crippen LogP contribution is 2.19. The maximum atomic E-state index is 12.1. The fraction of sp³-hybridized carbons (Fsp3) is 0.600. The Bertz CT molecular complexity index is 384. The Labute approximate surface area is 124 Å². The lowest BCUT2D eigenvalue weighted by Crippen LogP contribution is -2.34. The molecule has 0 radical (unpaired) electrons. The van der Waals surface area contributed by atoms with Crippen molar-refractivity contribution in [1.82, 2.24) is 10.2 Å². The van der Waals surface area contributed by atoms with Crippen molar-refractivity contribution in [3.8, 4) is 5.75 Å². The van der Waals surface area contributed by atoms with E-state index in [1.807, 2.05) is 0 Å². The van der Waals surface area contributed by atoms with Crippen molar-refractivity contribution in [1.29, 1.82) is 0 Å². The van der Waals surface area contributed by atoms with Gasteiger partial charge < -0.3 is 20.1 Å². The van der Waals surface area contributed by atoms with Crippen molar-refractivity contribution in [3.05, 3.63) is 29.8 Å². The minimum Gasteiger partial charge on any atom is -0.435 e. The first-order valence-corrected chi connectivity index (χ1v) is 7.22. The van der Waals surface area contributed by atoms with Crippen LogP contribution in [0.5, 0.6) is 5.75 Å². The van der Waals surface area contributed by atoms with Crippen LogP contribution < -0.4 is 10.1 Å². The van der Waals surface area contributed by atoms with Crippen LogP contribution in [0, 0.1) is 0 Å². The topological polar surface area (TPSA) is 44.7 Å². The summed E-state index contributed by atoms with van der Waals surface area (Å²) in [5, 5.41) is 12.7. The van der Waals surface area contributed by atoms with Gasteiger partial charge >= 0.3 is 6.61 Å². The van der Waals surface area contributed by atoms with Gasteiger partial charge in [-0.3, -0.25) is 0 Å². The van der Waals surface area contributed by atoms with Crippen LogP contribution in [0.25, 0.3) is 0 Å². The van der Waals surface area contributed by atoms with Gasteiger partial charge in [-0.15, -0.1) is 0 Å². The summed E-state index contributed by atoms with van der Waals surface area (Å²) in [4.78, 5) is 2.28. The Kier molecular flexibility index (Phi) is 8.19. The number of nitrogens with zero attached hydrogens (tertiary/aromatic N) is 1. The van der Waals surface area contributed by atoms with E-state index in [0.29, 0.717) is 0 Å². The van der Waals surface area contributed by atoms with E-state index in [4.69, 9.17) is 0 Å². The average Bonchev–Trinajstić information content (AvgIpc) is 2.48. The molecular formula is C15H24F2N2O2. The summed E-state index contributed by atoms with van der Waals surface area (Å²) in [5.74, 6) is 0.119. The summed E-state index contributed by atoms with van der Waals surface area (Å²) >= 11 is 0. The Morgan fingerprint density at radius 1 is 1.19 bits per heavy atom. The van der Waals surface area contributed by atoms with Crippen LogP contribution in [0.1, 0.15) is 25.5 Å². The molecule has 0 saturated heterocycles. The maximum Gasteiger partial charge on any atom is 0.387 e. The third kappa shape index (κ3) is 6.37. The van der Waals surface area contributed by atoms with Gasteiger partial charge in [0.25, 0.3) is 0 Å². The lowest BCUT2D eigenvalue weighted by molar-refractivity contribution is -0.0498. The molecule has 1 atom stereocenters. The lowest BCUT2D eigenvalue weighted by Gasteiger charge is -2.21. The molecule has 0 aliphatic carbocycles. The van der Waals surface area contributed by atoms with Gasteiger partial charge in [0.05, 0.1) is 12.6 Å². The van der Waals surface area contributed by atoms with Crippen LogP contribution in [-0.2, 0) is 0 Å². The lowest BCUT2D eigenvalue weighted by atomic mass is 10.1. The molecule has 1 unspecified atom stereocenters. The van der Waals surface area contributed by atoms with Gasteiger partial charge in [0.15, 0.2) is 0 Å². The molecule has 0 aliphatic heterocycles. The predicted molar refractivity (Wildman–Crippen MR) is 78.7 cm³/mol. The quantitative estimate of drug-likeness (QED) is 0.696. The molecule has 0 amide bonds. The number of aliphatic hydroxyl groups is 1. The van der Waals surface area contributed by atoms with Gasteiger partial charge in [-0.25, -0.2) is 0 Å². The number of alkyl halides is 2. The highest BCUT2D eigenvalue weighted by molar-refractivity contribution is 5.29. The number of rotatable bonds is 10. The van der Waals surface area contributed by atoms with Crippen molar-refractivity contribution in [2.45, 2.75) is 26.5 Å². The Balaban J connectivity index is 2.51. The zero-order chi connectivity index (χ0) is 15.7. The Morgan fingerprint density at radius 3 is 2.29 bits per heavy atom. The molecule has 1 aromatic rings. The molecule has 2 N–H and O–H groups in total. The maximum absolute atomic E-state index is 12.1. The van der Waals surface area contributed by atoms with E-state index in [1.165, 1.54) is 12.1 Å². The van der Waals surface area contributed by atoms with Gasteiger partial charge in [-0.2, -0.15) is 8.78 Å². The second-order valence-electron chi connectivity index (χ2n) is 4.66. The molecule has 6 heteroatoms. The molecule has 120 valence electrons. The van der Waals surface area contributed by atoms with E-state index >= 15 is 0 Å². The van der Waals surface area contributed by atoms with E-state index in [2.05, 4.69) is 28.8 Å². The fourth-order valence-corrected chi connectivity index (χ4v) is 2.11. The molecule has 0 aromatic heterocycles. The van der Waals surface area contributed by atoms with Crippen LogP contribution in [-0.4, -0.2) is 49.4 Å². The van der Waals surface area contributed by atoms with Gasteiger partial charge in [0, 0.05) is 13.1 Å². The summed E-state index contributed by atoms with van der Waals surface area (Å²) in [5.41, 5.74) is 0.846. The minimum absolute atomic E-state index is 0.0483. The molecule has 0 spiro atoms. The van der Waals surface area contributed by atoms with Crippen molar-refractivity contribution in [3.63, 3.8) is 0 Å². The molecule has 21 heavy (non-hydrogen) atoms. The average molecular weight is 302 g/mol. The van der Waals surface area contributed by atoms with Crippen molar-refractivity contribution in [2.75, 3.05) is 32.8 Å². The number of ether oxygens (including phenoxy) is 1. The van der Waals surface area contributed by atoms with Crippen LogP contribution in [0.2, 0.25) is 0 Å². The zero-order valence-electron chi connectivity index (χ0n) is 12.6. The fourth-order valence-electron chi connectivity index (χ4n) is 2.11. The Hall–Kier alpha value is -1.24. The van der Waals surface area contributed by atoms with Gasteiger partial charge in [0.2, 0.25) is 0 Å². The molecule has 4 nitrogen and oxygen atoms in total. The van der Waals surface area contributed by atoms with Crippen LogP contribution in [0.4, 0.5) is 8.78 Å². The number of nitrogens with one attached hydrogen (secondary N) is 1. The second-order valence-corrected chi connectivity index (χ2v) is 4.66. The van der Waals surface area contributed by atoms with E-state index in [-0.39, 0.29) is 18.4 Å². The number of halogens is 2. The summed E-state index contributed by atoms with van der Waals surface area (Å²) in [7, 11) is 0. The van der Waals surface area contributed by atoms with Crippen LogP contribution >= 0.6 is 0 Å². The molecule has 0 bridgehead atoms. The van der Waals surface area contributed by atoms with Gasteiger partial charge in [-0.05, 0) is 30.8 Å². The molecule has 0 aliphatic rings. The molecule has 0 fully saturated rings. The molecule has 1 aromatic carbocycles. The molecule has 1 rings (SSSR count). The number of benzene rings is 1. The molecule has 0 heterocycles. The minimum atomic E-state index is -2.82. The van der Waals surface area contributed by atoms with Crippen molar-refractivity contribution >= 4 is 0 Å². The van der Waals surface area contributed by atoms with Crippen LogP contribution in [0.15, 0.2) is 24.3 Å². The van der Waals surface area contributed by atoms with Gasteiger partial charge in [0.1, 0.15) is 5.75 Å². The normalized spacial score (nSPS) is 12.9. The third-order valence-corrected chi connectivity index (χ3v) is 3.40. The number of hydrogen-bond acceptors (Lipinski definition) is 4. The summed E-state index contributed by atoms with van der Waals surface area (Å²) in [6.45, 7) is 4.97. The zero-order valence-corrected chi connectivity index (χ0v) is 12.6. The molecular weight excluding hydrogens is 278 g/mol. The monoisotopic (exact) mass is 302 g/mol. The highest BCUT2D eigenvalue weighted by Gasteiger charge is 2.11. The van der Waals surface area contributed by atoms with E-state index < -0.39 is 6.61 Å². The van der Waals surface area contributed by atoms with Gasteiger partial charge in [-0.1, -0.05) is 26.0 Å². The number of likely N-dealkylation sites (N-methyl/N-ethyl adjacent to an activating group) is 1. The molecule has 0 saturated carbocycles. The summed E-state index contributed by atoms with van der Waals surface area (Å²) in [6.07, 6.45) is 0. The van der Waals surface area contributed by atoms with E-state index in [9.17, 15) is 13.9 Å². The third-order valence-electron chi connectivity index (χ3n) is 3.40. The first-order valence-electron chi connectivity index (χ1n) is 7.22. The van der Waals surface area contributed by atoms with E-state index in [0.717, 1.165) is 31.7 Å². The summed E-state index contributed by atoms with van der Waals surface area (Å²) in [6, 6.07) is 6.12. The first kappa shape index (κ1) is 17.8. The number of hydrogen-bond donors (Lipinski definition) is 2. The first-order chi connectivity index (χ1) is 10.1. The van der Waals surface area contributed by atoms with Crippen molar-refractivity contribution in [2.24, 2.45) is 0 Å². The number of aliphatic hydroxyl groups excluding tert-OH is 1. The van der Waals surface area contributed by atoms with E-state index in [1.54, 1.807) is 12.1 Å². The smallest absolute Gasteiger partial charge is 0.387 e. The second kappa shape index (κ2) is 9.65.